The molecule has 4 nitrogen and oxygen atoms in total. The van der Waals surface area contributed by atoms with Crippen LogP contribution in [0.15, 0.2) is 53.6 Å². The molecule has 1 heterocycles. The van der Waals surface area contributed by atoms with E-state index in [0.29, 0.717) is 15.6 Å². The Kier molecular flexibility index (Phi) is 5.63. The standard InChI is InChI=1S/C20H16Cl2FN3O/c1-12-7-15(11-24-25-20(27)14-3-5-18(23)6-4-14)13(2)26(12)19-9-16(21)8-17(22)10-19/h3-11H,1-2H3,(H,25,27)/b24-11-. The molecule has 138 valence electrons. The van der Waals surface area contributed by atoms with E-state index in [9.17, 15) is 9.18 Å². The number of carbonyl (C=O) groups is 1. The topological polar surface area (TPSA) is 46.4 Å². The summed E-state index contributed by atoms with van der Waals surface area (Å²) in [4.78, 5) is 12.0. The summed E-state index contributed by atoms with van der Waals surface area (Å²) >= 11 is 12.2. The Bertz CT molecular complexity index is 1010. The Morgan fingerprint density at radius 1 is 1.07 bits per heavy atom. The zero-order valence-electron chi connectivity index (χ0n) is 14.6. The van der Waals surface area contributed by atoms with Crippen molar-refractivity contribution in [2.45, 2.75) is 13.8 Å². The van der Waals surface area contributed by atoms with Gasteiger partial charge in [0.25, 0.3) is 5.91 Å². The fraction of sp³-hybridized carbons (Fsp3) is 0.100. The van der Waals surface area contributed by atoms with Gasteiger partial charge >= 0.3 is 0 Å². The Balaban J connectivity index is 1.81. The maximum Gasteiger partial charge on any atom is 0.271 e. The van der Waals surface area contributed by atoms with Crippen LogP contribution in [0.1, 0.15) is 27.3 Å². The van der Waals surface area contributed by atoms with E-state index in [1.165, 1.54) is 24.3 Å². The smallest absolute Gasteiger partial charge is 0.271 e. The Morgan fingerprint density at radius 2 is 1.70 bits per heavy atom. The number of amides is 1. The maximum atomic E-state index is 12.9. The summed E-state index contributed by atoms with van der Waals surface area (Å²) in [5.41, 5.74) is 6.34. The first kappa shape index (κ1) is 19.1. The van der Waals surface area contributed by atoms with Gasteiger partial charge in [0.1, 0.15) is 5.82 Å². The molecule has 0 unspecified atom stereocenters. The highest BCUT2D eigenvalue weighted by molar-refractivity contribution is 6.34. The zero-order chi connectivity index (χ0) is 19.6. The molecule has 0 fully saturated rings. The van der Waals surface area contributed by atoms with Crippen molar-refractivity contribution >= 4 is 35.3 Å². The van der Waals surface area contributed by atoms with E-state index < -0.39 is 11.7 Å². The molecule has 3 aromatic rings. The third-order valence-electron chi connectivity index (χ3n) is 4.05. The average Bonchev–Trinajstić information content (AvgIpc) is 2.88. The Labute approximate surface area is 166 Å². The second-order valence-corrected chi connectivity index (χ2v) is 6.87. The molecule has 2 aromatic carbocycles. The highest BCUT2D eigenvalue weighted by atomic mass is 35.5. The van der Waals surface area contributed by atoms with Crippen LogP contribution in [-0.4, -0.2) is 16.7 Å². The van der Waals surface area contributed by atoms with Gasteiger partial charge in [-0.2, -0.15) is 5.10 Å². The molecule has 3 rings (SSSR count). The minimum atomic E-state index is -0.415. The Hall–Kier alpha value is -2.63. The van der Waals surface area contributed by atoms with Crippen LogP contribution in [0.4, 0.5) is 4.39 Å². The number of aryl methyl sites for hydroxylation is 1. The van der Waals surface area contributed by atoms with E-state index in [4.69, 9.17) is 23.2 Å². The molecule has 0 aliphatic carbocycles. The van der Waals surface area contributed by atoms with Gasteiger partial charge in [-0.05, 0) is 62.4 Å². The summed E-state index contributed by atoms with van der Waals surface area (Å²) in [5.74, 6) is -0.815. The number of benzene rings is 2. The van der Waals surface area contributed by atoms with Crippen LogP contribution < -0.4 is 5.43 Å². The second-order valence-electron chi connectivity index (χ2n) is 6.00. The van der Waals surface area contributed by atoms with Crippen molar-refractivity contribution in [2.24, 2.45) is 5.10 Å². The fourth-order valence-corrected chi connectivity index (χ4v) is 3.32. The van der Waals surface area contributed by atoms with E-state index in [1.54, 1.807) is 12.3 Å². The predicted octanol–water partition coefficient (Wildman–Crippen LogP) is 5.30. The van der Waals surface area contributed by atoms with Crippen LogP contribution in [0.2, 0.25) is 10.0 Å². The van der Waals surface area contributed by atoms with Crippen molar-refractivity contribution < 1.29 is 9.18 Å². The lowest BCUT2D eigenvalue weighted by molar-refractivity contribution is 0.0955. The Morgan fingerprint density at radius 3 is 2.33 bits per heavy atom. The minimum absolute atomic E-state index is 0.326. The summed E-state index contributed by atoms with van der Waals surface area (Å²) in [6.07, 6.45) is 1.56. The third kappa shape index (κ3) is 4.38. The molecular formula is C20H16Cl2FN3O. The first-order chi connectivity index (χ1) is 12.8. The van der Waals surface area contributed by atoms with Crippen molar-refractivity contribution in [1.82, 2.24) is 9.99 Å². The van der Waals surface area contributed by atoms with Gasteiger partial charge in [-0.1, -0.05) is 23.2 Å². The van der Waals surface area contributed by atoms with E-state index in [0.717, 1.165) is 22.6 Å². The summed E-state index contributed by atoms with van der Waals surface area (Å²) < 4.78 is 14.9. The molecule has 1 amide bonds. The number of aromatic nitrogens is 1. The van der Waals surface area contributed by atoms with Gasteiger partial charge in [-0.25, -0.2) is 9.82 Å². The predicted molar refractivity (Wildman–Crippen MR) is 107 cm³/mol. The van der Waals surface area contributed by atoms with Crippen molar-refractivity contribution in [2.75, 3.05) is 0 Å². The second kappa shape index (κ2) is 7.94. The van der Waals surface area contributed by atoms with E-state index in [1.807, 2.05) is 36.6 Å². The van der Waals surface area contributed by atoms with Gasteiger partial charge in [0.05, 0.1) is 6.21 Å². The van der Waals surface area contributed by atoms with Crippen LogP contribution in [0.3, 0.4) is 0 Å². The van der Waals surface area contributed by atoms with Gasteiger partial charge in [0.2, 0.25) is 0 Å². The number of halogens is 3. The average molecular weight is 404 g/mol. The SMILES string of the molecule is Cc1cc(/C=N\NC(=O)c2ccc(F)cc2)c(C)n1-c1cc(Cl)cc(Cl)c1. The van der Waals surface area contributed by atoms with Crippen molar-refractivity contribution in [3.63, 3.8) is 0 Å². The lowest BCUT2D eigenvalue weighted by Gasteiger charge is -2.10. The number of hydrogen-bond acceptors (Lipinski definition) is 2. The summed E-state index contributed by atoms with van der Waals surface area (Å²) in [6, 6.07) is 12.5. The molecule has 0 saturated heterocycles. The monoisotopic (exact) mass is 403 g/mol. The lowest BCUT2D eigenvalue weighted by atomic mass is 10.2. The van der Waals surface area contributed by atoms with Crippen LogP contribution in [-0.2, 0) is 0 Å². The highest BCUT2D eigenvalue weighted by Gasteiger charge is 2.11. The molecule has 0 radical (unpaired) electrons. The fourth-order valence-electron chi connectivity index (χ4n) is 2.81. The molecule has 0 aliphatic heterocycles. The number of hydrazone groups is 1. The van der Waals surface area contributed by atoms with Gasteiger partial charge in [0, 0.05) is 38.2 Å². The van der Waals surface area contributed by atoms with Gasteiger partial charge in [-0.15, -0.1) is 0 Å². The minimum Gasteiger partial charge on any atom is -0.318 e. The zero-order valence-corrected chi connectivity index (χ0v) is 16.1. The third-order valence-corrected chi connectivity index (χ3v) is 4.49. The van der Waals surface area contributed by atoms with Crippen molar-refractivity contribution in [3.05, 3.63) is 86.9 Å². The number of nitrogens with one attached hydrogen (secondary N) is 1. The van der Waals surface area contributed by atoms with Crippen LogP contribution in [0.25, 0.3) is 5.69 Å². The van der Waals surface area contributed by atoms with E-state index in [2.05, 4.69) is 10.5 Å². The number of nitrogens with zero attached hydrogens (tertiary/aromatic N) is 2. The lowest BCUT2D eigenvalue weighted by Crippen LogP contribution is -2.17. The maximum absolute atomic E-state index is 12.9. The van der Waals surface area contributed by atoms with E-state index in [-0.39, 0.29) is 0 Å². The van der Waals surface area contributed by atoms with Crippen LogP contribution in [0, 0.1) is 19.7 Å². The highest BCUT2D eigenvalue weighted by Crippen LogP contribution is 2.26. The first-order valence-corrected chi connectivity index (χ1v) is 8.85. The number of hydrogen-bond donors (Lipinski definition) is 1. The molecule has 0 saturated carbocycles. The van der Waals surface area contributed by atoms with Gasteiger partial charge in [0.15, 0.2) is 0 Å². The molecule has 7 heteroatoms. The van der Waals surface area contributed by atoms with Gasteiger partial charge in [-0.3, -0.25) is 4.79 Å². The normalized spacial score (nSPS) is 11.1. The van der Waals surface area contributed by atoms with Gasteiger partial charge < -0.3 is 4.57 Å². The molecule has 0 spiro atoms. The number of rotatable bonds is 4. The summed E-state index contributed by atoms with van der Waals surface area (Å²) in [7, 11) is 0. The molecule has 1 N–H and O–H groups in total. The quantitative estimate of drug-likeness (QED) is 0.465. The first-order valence-electron chi connectivity index (χ1n) is 8.09. The summed E-state index contributed by atoms with van der Waals surface area (Å²) in [5, 5.41) is 5.10. The molecule has 0 bridgehead atoms. The van der Waals surface area contributed by atoms with E-state index >= 15 is 0 Å². The van der Waals surface area contributed by atoms with Crippen LogP contribution in [0.5, 0.6) is 0 Å². The molecule has 0 atom stereocenters. The number of carbonyl (C=O) groups excluding carboxylic acids is 1. The molecule has 1 aromatic heterocycles. The van der Waals surface area contributed by atoms with Crippen molar-refractivity contribution in [1.29, 1.82) is 0 Å². The molecule has 0 aliphatic rings. The largest absolute Gasteiger partial charge is 0.318 e. The molecule has 27 heavy (non-hydrogen) atoms. The summed E-state index contributed by atoms with van der Waals surface area (Å²) in [6.45, 7) is 3.89. The molecular weight excluding hydrogens is 388 g/mol. The van der Waals surface area contributed by atoms with Crippen molar-refractivity contribution in [3.8, 4) is 5.69 Å². The van der Waals surface area contributed by atoms with Crippen LogP contribution >= 0.6 is 23.2 Å².